The largest absolute Gasteiger partial charge is 0.497 e. The van der Waals surface area contributed by atoms with Crippen LogP contribution in [0.15, 0.2) is 54.2 Å². The first kappa shape index (κ1) is 23.8. The average Bonchev–Trinajstić information content (AvgIpc) is 3.32. The summed E-state index contributed by atoms with van der Waals surface area (Å²) in [5.74, 6) is 1.50. The van der Waals surface area contributed by atoms with E-state index >= 15 is 0 Å². The lowest BCUT2D eigenvalue weighted by atomic mass is 10.1. The van der Waals surface area contributed by atoms with Crippen LogP contribution < -0.4 is 14.4 Å². The molecule has 1 aliphatic rings. The molecule has 0 aliphatic carbocycles. The van der Waals surface area contributed by atoms with Gasteiger partial charge in [0.2, 0.25) is 0 Å². The van der Waals surface area contributed by atoms with Gasteiger partial charge in [-0.1, -0.05) is 0 Å². The number of carbonyl (C=O) groups excluding carboxylic acids is 1. The minimum atomic E-state index is -0.543. The van der Waals surface area contributed by atoms with Crippen LogP contribution in [0, 0.1) is 0 Å². The highest BCUT2D eigenvalue weighted by Crippen LogP contribution is 2.31. The van der Waals surface area contributed by atoms with Crippen molar-refractivity contribution < 1.29 is 19.0 Å². The first-order valence-corrected chi connectivity index (χ1v) is 12.1. The second kappa shape index (κ2) is 10.3. The van der Waals surface area contributed by atoms with Crippen LogP contribution in [0.25, 0.3) is 11.3 Å². The molecule has 1 fully saturated rings. The molecule has 3 heterocycles. The van der Waals surface area contributed by atoms with Crippen LogP contribution in [0.5, 0.6) is 11.5 Å². The van der Waals surface area contributed by atoms with E-state index in [0.717, 1.165) is 22.1 Å². The SMILES string of the molecule is COc1ccc(-c2csc(N3CCN(C(=O)OC(C)(C)C)CC3COc3cccnc3)n2)cc1. The lowest BCUT2D eigenvalue weighted by Gasteiger charge is -2.41. The van der Waals surface area contributed by atoms with Crippen molar-refractivity contribution in [1.82, 2.24) is 14.9 Å². The van der Waals surface area contributed by atoms with E-state index in [1.54, 1.807) is 35.7 Å². The number of benzene rings is 1. The van der Waals surface area contributed by atoms with Gasteiger partial charge in [-0.3, -0.25) is 4.98 Å². The van der Waals surface area contributed by atoms with Gasteiger partial charge < -0.3 is 24.0 Å². The van der Waals surface area contributed by atoms with Crippen LogP contribution in [-0.4, -0.2) is 66.0 Å². The summed E-state index contributed by atoms with van der Waals surface area (Å²) in [4.78, 5) is 25.7. The molecule has 1 aromatic carbocycles. The molecule has 180 valence electrons. The van der Waals surface area contributed by atoms with E-state index in [-0.39, 0.29) is 12.1 Å². The molecule has 1 amide bonds. The Bertz CT molecular complexity index is 1080. The van der Waals surface area contributed by atoms with Crippen molar-refractivity contribution in [2.75, 3.05) is 38.3 Å². The lowest BCUT2D eigenvalue weighted by molar-refractivity contribution is 0.0201. The Morgan fingerprint density at radius 1 is 1.15 bits per heavy atom. The fraction of sp³-hybridized carbons (Fsp3) is 0.400. The van der Waals surface area contributed by atoms with Crippen LogP contribution in [0.2, 0.25) is 0 Å². The number of hydrogen-bond donors (Lipinski definition) is 0. The van der Waals surface area contributed by atoms with Crippen molar-refractivity contribution in [2.24, 2.45) is 0 Å². The summed E-state index contributed by atoms with van der Waals surface area (Å²) in [5, 5.41) is 2.95. The number of carbonyl (C=O) groups is 1. The van der Waals surface area contributed by atoms with Gasteiger partial charge in [-0.2, -0.15) is 0 Å². The fourth-order valence-corrected chi connectivity index (χ4v) is 4.59. The maximum absolute atomic E-state index is 12.7. The first-order valence-electron chi connectivity index (χ1n) is 11.2. The highest BCUT2D eigenvalue weighted by atomic mass is 32.1. The zero-order valence-electron chi connectivity index (χ0n) is 19.9. The molecule has 34 heavy (non-hydrogen) atoms. The summed E-state index contributed by atoms with van der Waals surface area (Å²) in [6.45, 7) is 7.68. The van der Waals surface area contributed by atoms with E-state index in [0.29, 0.717) is 32.0 Å². The summed E-state index contributed by atoms with van der Waals surface area (Å²) in [5.41, 5.74) is 1.39. The fourth-order valence-electron chi connectivity index (χ4n) is 3.66. The van der Waals surface area contributed by atoms with E-state index < -0.39 is 5.60 Å². The second-order valence-corrected chi connectivity index (χ2v) is 9.85. The predicted molar refractivity (Wildman–Crippen MR) is 133 cm³/mol. The van der Waals surface area contributed by atoms with Gasteiger partial charge in [0, 0.05) is 36.8 Å². The van der Waals surface area contributed by atoms with Crippen LogP contribution in [0.1, 0.15) is 20.8 Å². The molecular weight excluding hydrogens is 452 g/mol. The smallest absolute Gasteiger partial charge is 0.410 e. The molecule has 3 aromatic rings. The molecule has 0 saturated carbocycles. The topological polar surface area (TPSA) is 77.0 Å². The van der Waals surface area contributed by atoms with E-state index in [1.165, 1.54) is 0 Å². The third-order valence-corrected chi connectivity index (χ3v) is 6.21. The summed E-state index contributed by atoms with van der Waals surface area (Å²) in [6, 6.07) is 11.5. The number of thiazole rings is 1. The third-order valence-electron chi connectivity index (χ3n) is 5.33. The predicted octanol–water partition coefficient (Wildman–Crippen LogP) is 4.72. The number of anilines is 1. The van der Waals surface area contributed by atoms with Gasteiger partial charge in [0.25, 0.3) is 0 Å². The van der Waals surface area contributed by atoms with Gasteiger partial charge in [-0.05, 0) is 57.2 Å². The number of aromatic nitrogens is 2. The Morgan fingerprint density at radius 2 is 1.94 bits per heavy atom. The zero-order chi connectivity index (χ0) is 24.1. The monoisotopic (exact) mass is 482 g/mol. The Labute approximate surface area is 204 Å². The van der Waals surface area contributed by atoms with Gasteiger partial charge in [0.15, 0.2) is 5.13 Å². The molecular formula is C25H30N4O4S. The van der Waals surface area contributed by atoms with Gasteiger partial charge in [0.05, 0.1) is 25.0 Å². The third kappa shape index (κ3) is 5.96. The molecule has 1 aliphatic heterocycles. The summed E-state index contributed by atoms with van der Waals surface area (Å²) in [6.07, 6.45) is 3.08. The lowest BCUT2D eigenvalue weighted by Crippen LogP contribution is -2.57. The van der Waals surface area contributed by atoms with Gasteiger partial charge in [-0.25, -0.2) is 9.78 Å². The zero-order valence-corrected chi connectivity index (χ0v) is 20.7. The van der Waals surface area contributed by atoms with E-state index in [4.69, 9.17) is 19.2 Å². The van der Waals surface area contributed by atoms with Crippen molar-refractivity contribution in [3.8, 4) is 22.8 Å². The quantitative estimate of drug-likeness (QED) is 0.503. The number of rotatable bonds is 6. The highest BCUT2D eigenvalue weighted by Gasteiger charge is 2.34. The van der Waals surface area contributed by atoms with E-state index in [2.05, 4.69) is 15.3 Å². The van der Waals surface area contributed by atoms with Crippen molar-refractivity contribution in [1.29, 1.82) is 0 Å². The van der Waals surface area contributed by atoms with Crippen LogP contribution in [0.3, 0.4) is 0 Å². The van der Waals surface area contributed by atoms with E-state index in [9.17, 15) is 4.79 Å². The molecule has 1 saturated heterocycles. The van der Waals surface area contributed by atoms with Crippen molar-refractivity contribution >= 4 is 22.6 Å². The summed E-state index contributed by atoms with van der Waals surface area (Å²) in [7, 11) is 1.65. The molecule has 9 heteroatoms. The van der Waals surface area contributed by atoms with Crippen LogP contribution >= 0.6 is 11.3 Å². The maximum Gasteiger partial charge on any atom is 0.410 e. The Morgan fingerprint density at radius 3 is 2.62 bits per heavy atom. The second-order valence-electron chi connectivity index (χ2n) is 9.02. The molecule has 8 nitrogen and oxygen atoms in total. The minimum Gasteiger partial charge on any atom is -0.497 e. The van der Waals surface area contributed by atoms with Crippen LogP contribution in [-0.2, 0) is 4.74 Å². The number of piperazine rings is 1. The van der Waals surface area contributed by atoms with Crippen molar-refractivity contribution in [3.63, 3.8) is 0 Å². The Kier molecular flexibility index (Phi) is 7.21. The highest BCUT2D eigenvalue weighted by molar-refractivity contribution is 7.14. The average molecular weight is 483 g/mol. The summed E-state index contributed by atoms with van der Waals surface area (Å²) >= 11 is 1.59. The van der Waals surface area contributed by atoms with Crippen molar-refractivity contribution in [3.05, 3.63) is 54.2 Å². The molecule has 0 spiro atoms. The van der Waals surface area contributed by atoms with Gasteiger partial charge in [0.1, 0.15) is 23.7 Å². The molecule has 0 N–H and O–H groups in total. The first-order chi connectivity index (χ1) is 16.3. The summed E-state index contributed by atoms with van der Waals surface area (Å²) < 4.78 is 16.9. The number of nitrogens with zero attached hydrogens (tertiary/aromatic N) is 4. The molecule has 0 bridgehead atoms. The maximum atomic E-state index is 12.7. The van der Waals surface area contributed by atoms with Gasteiger partial charge in [-0.15, -0.1) is 11.3 Å². The molecule has 1 unspecified atom stereocenters. The Balaban J connectivity index is 1.52. The van der Waals surface area contributed by atoms with E-state index in [1.807, 2.05) is 57.2 Å². The number of amides is 1. The minimum absolute atomic E-state index is 0.0867. The van der Waals surface area contributed by atoms with Crippen molar-refractivity contribution in [2.45, 2.75) is 32.4 Å². The number of hydrogen-bond acceptors (Lipinski definition) is 8. The molecule has 0 radical (unpaired) electrons. The molecule has 4 rings (SSSR count). The van der Waals surface area contributed by atoms with Crippen LogP contribution in [0.4, 0.5) is 9.93 Å². The molecule has 2 aromatic heterocycles. The normalized spacial score (nSPS) is 16.3. The standard InChI is InChI=1S/C25H30N4O4S/c1-25(2,3)33-24(30)28-12-13-29(19(15-28)16-32-21-6-5-11-26-14-21)23-27-22(17-34-23)18-7-9-20(31-4)10-8-18/h5-11,14,17,19H,12-13,15-16H2,1-4H3. The van der Waals surface area contributed by atoms with Gasteiger partial charge >= 0.3 is 6.09 Å². The molecule has 1 atom stereocenters. The number of ether oxygens (including phenoxy) is 3. The number of methoxy groups -OCH3 is 1. The Hall–Kier alpha value is -3.33. The number of pyridine rings is 1.